The van der Waals surface area contributed by atoms with Crippen LogP contribution in [0.3, 0.4) is 0 Å². The van der Waals surface area contributed by atoms with Gasteiger partial charge in [-0.15, -0.1) is 0 Å². The van der Waals surface area contributed by atoms with Crippen LogP contribution in [0.15, 0.2) is 174 Å². The maximum absolute atomic E-state index is 8.73. The van der Waals surface area contributed by atoms with Crippen molar-refractivity contribution in [2.24, 2.45) is 0 Å². The Morgan fingerprint density at radius 1 is 0.383 bits per heavy atom. The smallest absolute Gasteiger partial charge is 0.143 e. The van der Waals surface area contributed by atoms with E-state index in [0.29, 0.717) is 5.56 Å². The zero-order valence-corrected chi connectivity index (χ0v) is 25.2. The van der Waals surface area contributed by atoms with Crippen molar-refractivity contribution < 1.29 is 11.3 Å². The van der Waals surface area contributed by atoms with E-state index in [0.717, 1.165) is 87.3 Å². The molecule has 0 radical (unpaired) electrons. The molecular weight excluding hydrogens is 569 g/mol. The predicted molar refractivity (Wildman–Crippen MR) is 200 cm³/mol. The van der Waals surface area contributed by atoms with E-state index >= 15 is 0 Å². The van der Waals surface area contributed by atoms with Gasteiger partial charge in [0.15, 0.2) is 0 Å². The maximum atomic E-state index is 8.73. The topological polar surface area (TPSA) is 13.1 Å². The van der Waals surface area contributed by atoms with Gasteiger partial charge in [-0.05, 0) is 89.3 Å². The lowest BCUT2D eigenvalue weighted by atomic mass is 9.83. The molecular formula is C46H28O. The Morgan fingerprint density at radius 2 is 0.957 bits per heavy atom. The van der Waals surface area contributed by atoms with Crippen molar-refractivity contribution in [3.8, 4) is 33.4 Å². The minimum Gasteiger partial charge on any atom is -0.455 e. The molecule has 0 bridgehead atoms. The lowest BCUT2D eigenvalue weighted by Crippen LogP contribution is -1.92. The third kappa shape index (κ3) is 3.90. The van der Waals surface area contributed by atoms with Gasteiger partial charge in [0, 0.05) is 16.2 Å². The van der Waals surface area contributed by atoms with Crippen molar-refractivity contribution in [2.75, 3.05) is 0 Å². The van der Waals surface area contributed by atoms with E-state index in [9.17, 15) is 0 Å². The average molecular weight is 602 g/mol. The molecule has 10 rings (SSSR count). The summed E-state index contributed by atoms with van der Waals surface area (Å²) in [5.74, 6) is 0. The standard InChI is InChI=1S/C46H28O/c1-2-12-29(13-3-1)32-25-26-40(35-17-7-6-16-34(32)35)45-38-20-10-8-18-36(38)44(37-19-9-11-21-39(37)45)31-23-27-43-42(28-31)41-24-22-30-14-4-5-15-33(30)46(41)47-43/h1-28H/i1D,2D,3D,12D,13D. The summed E-state index contributed by atoms with van der Waals surface area (Å²) in [7, 11) is 0. The van der Waals surface area contributed by atoms with Crippen molar-refractivity contribution in [3.63, 3.8) is 0 Å². The quantitative estimate of drug-likeness (QED) is 0.184. The van der Waals surface area contributed by atoms with Crippen molar-refractivity contribution in [2.45, 2.75) is 0 Å². The van der Waals surface area contributed by atoms with Crippen molar-refractivity contribution in [3.05, 3.63) is 170 Å². The van der Waals surface area contributed by atoms with Crippen LogP contribution in [0.1, 0.15) is 6.85 Å². The van der Waals surface area contributed by atoms with Gasteiger partial charge in [0.2, 0.25) is 0 Å². The summed E-state index contributed by atoms with van der Waals surface area (Å²) < 4.78 is 48.7. The summed E-state index contributed by atoms with van der Waals surface area (Å²) in [6.45, 7) is 0. The molecule has 0 fully saturated rings. The van der Waals surface area contributed by atoms with Crippen molar-refractivity contribution in [1.29, 1.82) is 0 Å². The Kier molecular flexibility index (Phi) is 4.66. The van der Waals surface area contributed by atoms with Gasteiger partial charge in [0.1, 0.15) is 11.2 Å². The van der Waals surface area contributed by atoms with Gasteiger partial charge < -0.3 is 4.42 Å². The van der Waals surface area contributed by atoms with Crippen LogP contribution in [0.25, 0.3) is 98.4 Å². The molecule has 0 N–H and O–H groups in total. The highest BCUT2D eigenvalue weighted by Crippen LogP contribution is 2.47. The molecule has 0 spiro atoms. The van der Waals surface area contributed by atoms with Crippen LogP contribution in [0.2, 0.25) is 0 Å². The molecule has 9 aromatic carbocycles. The third-order valence-corrected chi connectivity index (χ3v) is 9.54. The molecule has 1 heterocycles. The molecule has 10 aromatic rings. The van der Waals surface area contributed by atoms with E-state index in [4.69, 9.17) is 11.3 Å². The van der Waals surface area contributed by atoms with Crippen LogP contribution in [0.5, 0.6) is 0 Å². The zero-order valence-electron chi connectivity index (χ0n) is 30.2. The van der Waals surface area contributed by atoms with Gasteiger partial charge in [-0.2, -0.15) is 0 Å². The van der Waals surface area contributed by atoms with Crippen LogP contribution in [-0.2, 0) is 0 Å². The van der Waals surface area contributed by atoms with Gasteiger partial charge in [-0.3, -0.25) is 0 Å². The van der Waals surface area contributed by atoms with E-state index in [2.05, 4.69) is 97.1 Å². The van der Waals surface area contributed by atoms with Crippen LogP contribution in [-0.4, -0.2) is 0 Å². The maximum Gasteiger partial charge on any atom is 0.143 e. The molecule has 0 saturated carbocycles. The van der Waals surface area contributed by atoms with E-state index in [1.54, 1.807) is 0 Å². The second kappa shape index (κ2) is 10.2. The Labute approximate surface area is 279 Å². The first-order valence-electron chi connectivity index (χ1n) is 18.3. The minimum atomic E-state index is -0.397. The van der Waals surface area contributed by atoms with Crippen molar-refractivity contribution in [1.82, 2.24) is 0 Å². The lowest BCUT2D eigenvalue weighted by molar-refractivity contribution is 0.672. The Bertz CT molecular complexity index is 3050. The summed E-state index contributed by atoms with van der Waals surface area (Å²) >= 11 is 0. The molecule has 0 atom stereocenters. The van der Waals surface area contributed by atoms with E-state index in [1.807, 2.05) is 42.5 Å². The molecule has 1 nitrogen and oxygen atoms in total. The fourth-order valence-corrected chi connectivity index (χ4v) is 7.51. The normalized spacial score (nSPS) is 13.3. The summed E-state index contributed by atoms with van der Waals surface area (Å²) in [5.41, 5.74) is 6.90. The first kappa shape index (κ1) is 21.5. The Balaban J connectivity index is 1.26. The SMILES string of the molecule is [2H]c1c([2H])c([2H])c(-c2ccc(-c3c4ccccc4c(-c4ccc5oc6c7ccccc7ccc6c5c4)c4ccccc34)c3ccccc23)c([2H])c1[2H]. The highest BCUT2D eigenvalue weighted by molar-refractivity contribution is 6.25. The summed E-state index contributed by atoms with van der Waals surface area (Å²) in [6.07, 6.45) is 0. The molecule has 1 aromatic heterocycles. The van der Waals surface area contributed by atoms with Crippen LogP contribution in [0, 0.1) is 0 Å². The second-order valence-electron chi connectivity index (χ2n) is 12.0. The Hall–Kier alpha value is -6.18. The molecule has 0 aliphatic carbocycles. The zero-order chi connectivity index (χ0) is 35.2. The molecule has 1 heteroatoms. The van der Waals surface area contributed by atoms with E-state index in [-0.39, 0.29) is 29.7 Å². The number of benzene rings is 9. The third-order valence-electron chi connectivity index (χ3n) is 9.54. The van der Waals surface area contributed by atoms with Gasteiger partial charge in [0.25, 0.3) is 0 Å². The van der Waals surface area contributed by atoms with Crippen LogP contribution < -0.4 is 0 Å². The Morgan fingerprint density at radius 3 is 1.66 bits per heavy atom. The van der Waals surface area contributed by atoms with Gasteiger partial charge in [0.05, 0.1) is 6.85 Å². The predicted octanol–water partition coefficient (Wildman–Crippen LogP) is 13.2. The van der Waals surface area contributed by atoms with Crippen LogP contribution >= 0.6 is 0 Å². The number of furan rings is 1. The highest BCUT2D eigenvalue weighted by Gasteiger charge is 2.20. The number of hydrogen-bond acceptors (Lipinski definition) is 1. The summed E-state index contributed by atoms with van der Waals surface area (Å²) in [6, 6.07) is 46.6. The van der Waals surface area contributed by atoms with E-state index in [1.165, 1.54) is 0 Å². The summed E-state index contributed by atoms with van der Waals surface area (Å²) in [5, 5.41) is 10.6. The number of hydrogen-bond donors (Lipinski definition) is 0. The average Bonchev–Trinajstić information content (AvgIpc) is 3.57. The number of rotatable bonds is 3. The summed E-state index contributed by atoms with van der Waals surface area (Å²) in [4.78, 5) is 0. The monoisotopic (exact) mass is 601 g/mol. The minimum absolute atomic E-state index is 0.203. The van der Waals surface area contributed by atoms with Crippen molar-refractivity contribution >= 4 is 65.0 Å². The fraction of sp³-hybridized carbons (Fsp3) is 0. The molecule has 0 aliphatic heterocycles. The highest BCUT2D eigenvalue weighted by atomic mass is 16.3. The lowest BCUT2D eigenvalue weighted by Gasteiger charge is -2.19. The number of fused-ring (bicyclic) bond motifs is 8. The second-order valence-corrected chi connectivity index (χ2v) is 12.0. The first-order valence-corrected chi connectivity index (χ1v) is 15.8. The van der Waals surface area contributed by atoms with E-state index < -0.39 is 6.04 Å². The molecule has 0 aliphatic rings. The van der Waals surface area contributed by atoms with Gasteiger partial charge >= 0.3 is 0 Å². The molecule has 47 heavy (non-hydrogen) atoms. The fourth-order valence-electron chi connectivity index (χ4n) is 7.51. The molecule has 0 saturated heterocycles. The largest absolute Gasteiger partial charge is 0.455 e. The van der Waals surface area contributed by atoms with Crippen LogP contribution in [0.4, 0.5) is 0 Å². The molecule has 0 unspecified atom stereocenters. The molecule has 0 amide bonds. The first-order chi connectivity index (χ1) is 25.4. The van der Waals surface area contributed by atoms with Gasteiger partial charge in [-0.1, -0.05) is 152 Å². The molecule has 218 valence electrons. The van der Waals surface area contributed by atoms with Gasteiger partial charge in [-0.25, -0.2) is 0 Å².